The zero-order chi connectivity index (χ0) is 18.4. The quantitative estimate of drug-likeness (QED) is 0.628. The Hall–Kier alpha value is -2.06. The Bertz CT molecular complexity index is 860. The van der Waals surface area contributed by atoms with Gasteiger partial charge < -0.3 is 5.32 Å². The van der Waals surface area contributed by atoms with Crippen LogP contribution in [0.25, 0.3) is 0 Å². The first-order valence-electron chi connectivity index (χ1n) is 7.62. The lowest BCUT2D eigenvalue weighted by Crippen LogP contribution is -2.27. The number of carbonyl (C=O) groups is 1. The molecule has 2 heterocycles. The van der Waals surface area contributed by atoms with Gasteiger partial charge in [0.1, 0.15) is 5.82 Å². The van der Waals surface area contributed by atoms with Crippen molar-refractivity contribution < 1.29 is 9.72 Å². The van der Waals surface area contributed by atoms with Crippen LogP contribution in [0.1, 0.15) is 37.1 Å². The maximum absolute atomic E-state index is 12.1. The average Bonchev–Trinajstić information content (AvgIpc) is 2.85. The van der Waals surface area contributed by atoms with E-state index in [1.165, 1.54) is 30.0 Å². The molecule has 1 aliphatic heterocycles. The maximum Gasteiger partial charge on any atom is 0.269 e. The van der Waals surface area contributed by atoms with Crippen LogP contribution in [0.15, 0.2) is 24.4 Å². The molecule has 9 heteroatoms. The number of rotatable bonds is 2. The third-order valence-electron chi connectivity index (χ3n) is 3.83. The number of carbonyl (C=O) groups excluding carboxylic acids is 1. The van der Waals surface area contributed by atoms with Gasteiger partial charge in [0.25, 0.3) is 5.69 Å². The van der Waals surface area contributed by atoms with E-state index in [4.69, 9.17) is 11.6 Å². The van der Waals surface area contributed by atoms with Gasteiger partial charge in [-0.1, -0.05) is 11.6 Å². The molecule has 1 atom stereocenters. The number of aromatic nitrogens is 2. The summed E-state index contributed by atoms with van der Waals surface area (Å²) in [4.78, 5) is 22.8. The van der Waals surface area contributed by atoms with Crippen molar-refractivity contribution in [2.45, 2.75) is 31.6 Å². The Morgan fingerprint density at radius 3 is 2.76 bits per heavy atom. The third-order valence-corrected chi connectivity index (χ3v) is 5.44. The van der Waals surface area contributed by atoms with Crippen molar-refractivity contribution in [3.05, 3.63) is 50.7 Å². The highest BCUT2D eigenvalue weighted by Crippen LogP contribution is 2.45. The van der Waals surface area contributed by atoms with E-state index in [1.807, 2.05) is 20.8 Å². The lowest BCUT2D eigenvalue weighted by Gasteiger charge is -2.23. The topological polar surface area (TPSA) is 90.1 Å². The minimum Gasteiger partial charge on any atom is -0.310 e. The SMILES string of the molecule is CC(C)(C)n1ncc2c1NC(=O)CS[C@@H]2c1cc([N+](=O)[O-])ccc1Cl. The Morgan fingerprint density at radius 2 is 2.12 bits per heavy atom. The fourth-order valence-electron chi connectivity index (χ4n) is 2.71. The van der Waals surface area contributed by atoms with Crippen molar-refractivity contribution in [2.75, 3.05) is 11.1 Å². The summed E-state index contributed by atoms with van der Waals surface area (Å²) in [6.45, 7) is 5.96. The summed E-state index contributed by atoms with van der Waals surface area (Å²) in [5.74, 6) is 0.694. The molecule has 0 saturated carbocycles. The van der Waals surface area contributed by atoms with E-state index >= 15 is 0 Å². The maximum atomic E-state index is 12.1. The molecule has 0 saturated heterocycles. The molecule has 132 valence electrons. The Balaban J connectivity index is 2.17. The first-order valence-corrected chi connectivity index (χ1v) is 9.05. The van der Waals surface area contributed by atoms with Gasteiger partial charge >= 0.3 is 0 Å². The highest BCUT2D eigenvalue weighted by Gasteiger charge is 2.32. The van der Waals surface area contributed by atoms with E-state index in [-0.39, 0.29) is 28.1 Å². The fourth-order valence-corrected chi connectivity index (χ4v) is 4.11. The number of benzene rings is 1. The number of nitrogens with one attached hydrogen (secondary N) is 1. The molecular formula is C16H17ClN4O3S. The molecule has 0 radical (unpaired) electrons. The van der Waals surface area contributed by atoms with Gasteiger partial charge in [0.05, 0.1) is 27.7 Å². The molecule has 1 aromatic heterocycles. The van der Waals surface area contributed by atoms with Crippen molar-refractivity contribution in [3.63, 3.8) is 0 Å². The third kappa shape index (κ3) is 3.36. The highest BCUT2D eigenvalue weighted by molar-refractivity contribution is 8.00. The number of anilines is 1. The predicted octanol–water partition coefficient (Wildman–Crippen LogP) is 3.97. The summed E-state index contributed by atoms with van der Waals surface area (Å²) < 4.78 is 1.75. The van der Waals surface area contributed by atoms with E-state index in [9.17, 15) is 14.9 Å². The van der Waals surface area contributed by atoms with Gasteiger partial charge in [-0.2, -0.15) is 5.10 Å². The van der Waals surface area contributed by atoms with E-state index in [1.54, 1.807) is 10.9 Å². The first kappa shape index (κ1) is 17.8. The van der Waals surface area contributed by atoms with Gasteiger partial charge in [0, 0.05) is 22.7 Å². The predicted molar refractivity (Wildman–Crippen MR) is 98.3 cm³/mol. The number of halogens is 1. The second-order valence-electron chi connectivity index (χ2n) is 6.73. The molecule has 1 aromatic carbocycles. The van der Waals surface area contributed by atoms with Crippen LogP contribution in [-0.4, -0.2) is 26.4 Å². The normalized spacial score (nSPS) is 17.6. The number of hydrogen-bond acceptors (Lipinski definition) is 5. The molecule has 0 fully saturated rings. The number of fused-ring (bicyclic) bond motifs is 1. The Labute approximate surface area is 153 Å². The van der Waals surface area contributed by atoms with Crippen LogP contribution in [0.3, 0.4) is 0 Å². The van der Waals surface area contributed by atoms with Crippen LogP contribution in [0, 0.1) is 10.1 Å². The van der Waals surface area contributed by atoms with E-state index in [0.717, 1.165) is 5.56 Å². The molecule has 3 rings (SSSR count). The van der Waals surface area contributed by atoms with Gasteiger partial charge in [-0.25, -0.2) is 4.68 Å². The van der Waals surface area contributed by atoms with Crippen molar-refractivity contribution in [1.29, 1.82) is 0 Å². The van der Waals surface area contributed by atoms with Crippen LogP contribution >= 0.6 is 23.4 Å². The zero-order valence-electron chi connectivity index (χ0n) is 13.9. The minimum absolute atomic E-state index is 0.0340. The van der Waals surface area contributed by atoms with Crippen molar-refractivity contribution in [1.82, 2.24) is 9.78 Å². The number of nitro benzene ring substituents is 1. The van der Waals surface area contributed by atoms with Crippen LogP contribution in [0.2, 0.25) is 5.02 Å². The molecule has 7 nitrogen and oxygen atoms in total. The fraction of sp³-hybridized carbons (Fsp3) is 0.375. The second kappa shape index (κ2) is 6.34. The smallest absolute Gasteiger partial charge is 0.269 e. The van der Waals surface area contributed by atoms with Crippen molar-refractivity contribution in [3.8, 4) is 0 Å². The Kier molecular flexibility index (Phi) is 4.51. The average molecular weight is 381 g/mol. The van der Waals surface area contributed by atoms with Crippen molar-refractivity contribution >= 4 is 40.8 Å². The van der Waals surface area contributed by atoms with Gasteiger partial charge in [-0.15, -0.1) is 11.8 Å². The lowest BCUT2D eigenvalue weighted by molar-refractivity contribution is -0.384. The molecule has 1 N–H and O–H groups in total. The van der Waals surface area contributed by atoms with E-state index < -0.39 is 4.92 Å². The Morgan fingerprint density at radius 1 is 1.40 bits per heavy atom. The monoisotopic (exact) mass is 380 g/mol. The van der Waals surface area contributed by atoms with Gasteiger partial charge in [0.15, 0.2) is 0 Å². The summed E-state index contributed by atoms with van der Waals surface area (Å²) in [5, 5.41) is 18.5. The molecule has 0 bridgehead atoms. The molecule has 1 amide bonds. The number of nitro groups is 1. The van der Waals surface area contributed by atoms with Gasteiger partial charge in [-0.3, -0.25) is 14.9 Å². The molecule has 0 spiro atoms. The number of nitrogens with zero attached hydrogens (tertiary/aromatic N) is 3. The highest BCUT2D eigenvalue weighted by atomic mass is 35.5. The number of amides is 1. The summed E-state index contributed by atoms with van der Waals surface area (Å²) in [7, 11) is 0. The van der Waals surface area contributed by atoms with E-state index in [0.29, 0.717) is 16.4 Å². The number of hydrogen-bond donors (Lipinski definition) is 1. The number of non-ortho nitro benzene ring substituents is 1. The van der Waals surface area contributed by atoms with Crippen LogP contribution < -0.4 is 5.32 Å². The first-order chi connectivity index (χ1) is 11.7. The van der Waals surface area contributed by atoms with Crippen LogP contribution in [-0.2, 0) is 10.3 Å². The van der Waals surface area contributed by atoms with Crippen molar-refractivity contribution in [2.24, 2.45) is 0 Å². The zero-order valence-corrected chi connectivity index (χ0v) is 15.5. The molecule has 1 aliphatic rings. The van der Waals surface area contributed by atoms with E-state index in [2.05, 4.69) is 10.4 Å². The van der Waals surface area contributed by atoms with Gasteiger partial charge in [-0.05, 0) is 32.4 Å². The molecular weight excluding hydrogens is 364 g/mol. The summed E-state index contributed by atoms with van der Waals surface area (Å²) >= 11 is 7.69. The molecule has 0 unspecified atom stereocenters. The summed E-state index contributed by atoms with van der Waals surface area (Å²) in [6, 6.07) is 4.35. The largest absolute Gasteiger partial charge is 0.310 e. The molecule has 2 aromatic rings. The number of thioether (sulfide) groups is 1. The molecule has 0 aliphatic carbocycles. The minimum atomic E-state index is -0.454. The molecule has 25 heavy (non-hydrogen) atoms. The van der Waals surface area contributed by atoms with Crippen LogP contribution in [0.4, 0.5) is 11.5 Å². The second-order valence-corrected chi connectivity index (χ2v) is 8.23. The summed E-state index contributed by atoms with van der Waals surface area (Å²) in [6.07, 6.45) is 1.69. The standard InChI is InChI=1S/C16H17ClN4O3S/c1-16(2,3)20-15-11(7-18-20)14(25-8-13(22)19-15)10-6-9(21(23)24)4-5-12(10)17/h4-7,14H,8H2,1-3H3,(H,19,22)/t14-/m1/s1. The lowest BCUT2D eigenvalue weighted by atomic mass is 10.0. The van der Waals surface area contributed by atoms with Gasteiger partial charge in [0.2, 0.25) is 5.91 Å². The van der Waals surface area contributed by atoms with Crippen LogP contribution in [0.5, 0.6) is 0 Å². The summed E-state index contributed by atoms with van der Waals surface area (Å²) in [5.41, 5.74) is 1.03.